The minimum Gasteiger partial charge on any atom is -0.318 e. The maximum atomic E-state index is 3.17. The molecule has 2 N–H and O–H groups in total. The van der Waals surface area contributed by atoms with Gasteiger partial charge in [0.25, 0.3) is 0 Å². The first-order valence-corrected chi connectivity index (χ1v) is 8.82. The summed E-state index contributed by atoms with van der Waals surface area (Å²) in [6.45, 7) is 19.4. The molecule has 0 saturated carbocycles. The Kier molecular flexibility index (Phi) is 19.7. The fourth-order valence-electron chi connectivity index (χ4n) is 2.19. The van der Waals surface area contributed by atoms with E-state index in [1.165, 1.54) is 45.6 Å². The molecule has 0 aromatic rings. The molecule has 0 rings (SSSR count). The van der Waals surface area contributed by atoms with Crippen molar-refractivity contribution in [2.75, 3.05) is 59.9 Å². The van der Waals surface area contributed by atoms with E-state index >= 15 is 0 Å². The fourth-order valence-corrected chi connectivity index (χ4v) is 2.19. The van der Waals surface area contributed by atoms with Gasteiger partial charge < -0.3 is 15.5 Å². The lowest BCUT2D eigenvalue weighted by Gasteiger charge is -2.25. The van der Waals surface area contributed by atoms with E-state index in [9.17, 15) is 0 Å². The summed E-state index contributed by atoms with van der Waals surface area (Å²) in [5.41, 5.74) is 0. The van der Waals surface area contributed by atoms with Gasteiger partial charge in [-0.25, -0.2) is 0 Å². The summed E-state index contributed by atoms with van der Waals surface area (Å²) >= 11 is 0. The van der Waals surface area contributed by atoms with Crippen LogP contribution in [0.5, 0.6) is 0 Å². The fraction of sp³-hybridized carbons (Fsp3) is 1.00. The Bertz CT molecular complexity index is 186. The first-order chi connectivity index (χ1) is 10.1. The summed E-state index contributed by atoms with van der Waals surface area (Å²) in [6.07, 6.45) is 2.51. The second-order valence-electron chi connectivity index (χ2n) is 5.77. The lowest BCUT2D eigenvalue weighted by atomic mass is 10.3. The molecule has 0 atom stereocenters. The third-order valence-electron chi connectivity index (χ3n) is 3.56. The van der Waals surface area contributed by atoms with Crippen molar-refractivity contribution >= 4 is 0 Å². The molecule has 0 aliphatic rings. The molecule has 0 aromatic heterocycles. The van der Waals surface area contributed by atoms with Crippen molar-refractivity contribution in [2.24, 2.45) is 0 Å². The van der Waals surface area contributed by atoms with E-state index in [-0.39, 0.29) is 0 Å². The van der Waals surface area contributed by atoms with Crippen molar-refractivity contribution in [3.05, 3.63) is 0 Å². The zero-order chi connectivity index (χ0) is 16.5. The van der Waals surface area contributed by atoms with Crippen LogP contribution in [0.2, 0.25) is 0 Å². The minimum atomic E-state index is 0.684. The van der Waals surface area contributed by atoms with Crippen LogP contribution < -0.4 is 10.6 Å². The molecule has 21 heavy (non-hydrogen) atoms. The average Bonchev–Trinajstić information content (AvgIpc) is 2.48. The highest BCUT2D eigenvalue weighted by molar-refractivity contribution is 4.62. The van der Waals surface area contributed by atoms with Crippen LogP contribution in [0.3, 0.4) is 0 Å². The molecule has 130 valence electrons. The molecule has 0 unspecified atom stereocenters. The van der Waals surface area contributed by atoms with E-state index in [1.54, 1.807) is 0 Å². The van der Waals surface area contributed by atoms with Gasteiger partial charge in [0.15, 0.2) is 0 Å². The highest BCUT2D eigenvalue weighted by atomic mass is 15.2. The molecule has 0 spiro atoms. The molecule has 0 aliphatic heterocycles. The van der Waals surface area contributed by atoms with E-state index in [0.29, 0.717) is 6.04 Å². The third kappa shape index (κ3) is 16.0. The van der Waals surface area contributed by atoms with Gasteiger partial charge in [0, 0.05) is 32.2 Å². The molecular formula is C17H42N4. The van der Waals surface area contributed by atoms with Gasteiger partial charge in [-0.3, -0.25) is 4.90 Å². The Morgan fingerprint density at radius 1 is 0.762 bits per heavy atom. The second kappa shape index (κ2) is 17.9. The average molecular weight is 303 g/mol. The smallest absolute Gasteiger partial charge is 0.0109 e. The number of likely N-dealkylation sites (N-methyl/N-ethyl adjacent to an activating group) is 3. The van der Waals surface area contributed by atoms with Crippen LogP contribution in [0.4, 0.5) is 0 Å². The first kappa shape index (κ1) is 23.1. The molecule has 0 saturated heterocycles. The predicted octanol–water partition coefficient (Wildman–Crippen LogP) is 2.26. The number of hydrogen-bond donors (Lipinski definition) is 2. The molecule has 4 nitrogen and oxygen atoms in total. The number of hydrogen-bond acceptors (Lipinski definition) is 4. The van der Waals surface area contributed by atoms with Crippen molar-refractivity contribution in [1.29, 1.82) is 0 Å². The molecule has 4 heteroatoms. The summed E-state index contributed by atoms with van der Waals surface area (Å²) in [4.78, 5) is 4.95. The zero-order valence-electron chi connectivity index (χ0n) is 15.8. The maximum absolute atomic E-state index is 3.17. The van der Waals surface area contributed by atoms with Crippen LogP contribution >= 0.6 is 0 Å². The van der Waals surface area contributed by atoms with E-state index < -0.39 is 0 Å². The third-order valence-corrected chi connectivity index (χ3v) is 3.56. The summed E-state index contributed by atoms with van der Waals surface area (Å²) in [5.74, 6) is 0. The van der Waals surface area contributed by atoms with Crippen molar-refractivity contribution in [3.63, 3.8) is 0 Å². The van der Waals surface area contributed by atoms with Crippen molar-refractivity contribution in [2.45, 2.75) is 53.5 Å². The van der Waals surface area contributed by atoms with Gasteiger partial charge in [0.05, 0.1) is 0 Å². The molecule has 0 bridgehead atoms. The van der Waals surface area contributed by atoms with Crippen LogP contribution in [0.1, 0.15) is 47.5 Å². The minimum absolute atomic E-state index is 0.684. The summed E-state index contributed by atoms with van der Waals surface area (Å²) in [5, 5.41) is 6.32. The molecule has 0 radical (unpaired) electrons. The van der Waals surface area contributed by atoms with E-state index in [2.05, 4.69) is 55.1 Å². The van der Waals surface area contributed by atoms with Gasteiger partial charge in [-0.05, 0) is 60.4 Å². The lowest BCUT2D eigenvalue weighted by molar-refractivity contribution is 0.224. The monoisotopic (exact) mass is 302 g/mol. The van der Waals surface area contributed by atoms with Gasteiger partial charge >= 0.3 is 0 Å². The van der Waals surface area contributed by atoms with Gasteiger partial charge in [-0.2, -0.15) is 0 Å². The molecular weight excluding hydrogens is 260 g/mol. The highest BCUT2D eigenvalue weighted by Crippen LogP contribution is 1.97. The topological polar surface area (TPSA) is 30.5 Å². The first-order valence-electron chi connectivity index (χ1n) is 8.82. The molecule has 0 aliphatic carbocycles. The standard InChI is InChI=1S/C9H22N2.C8H20N2/c1-5-7-11(9(2)3)8-6-10-4;1-4-7-10(5-2)8-6-9-3/h9-10H,5-8H2,1-4H3;9H,4-8H2,1-3H3. The lowest BCUT2D eigenvalue weighted by Crippen LogP contribution is -2.36. The van der Waals surface area contributed by atoms with Crippen molar-refractivity contribution < 1.29 is 0 Å². The SMILES string of the molecule is CCCN(CC)CCNC.CCCN(CCNC)C(C)C. The van der Waals surface area contributed by atoms with Gasteiger partial charge in [0.1, 0.15) is 0 Å². The Balaban J connectivity index is 0. The Morgan fingerprint density at radius 3 is 1.67 bits per heavy atom. The van der Waals surface area contributed by atoms with Crippen LogP contribution in [0.15, 0.2) is 0 Å². The molecule has 0 amide bonds. The quantitative estimate of drug-likeness (QED) is 0.579. The Hall–Kier alpha value is -0.160. The zero-order valence-corrected chi connectivity index (χ0v) is 15.8. The van der Waals surface area contributed by atoms with Gasteiger partial charge in [0.2, 0.25) is 0 Å². The predicted molar refractivity (Wildman–Crippen MR) is 97.3 cm³/mol. The van der Waals surface area contributed by atoms with E-state index in [0.717, 1.165) is 13.1 Å². The van der Waals surface area contributed by atoms with Crippen LogP contribution in [-0.2, 0) is 0 Å². The van der Waals surface area contributed by atoms with E-state index in [4.69, 9.17) is 0 Å². The molecule has 0 fully saturated rings. The maximum Gasteiger partial charge on any atom is 0.0109 e. The van der Waals surface area contributed by atoms with Gasteiger partial charge in [-0.1, -0.05) is 20.8 Å². The number of rotatable bonds is 12. The molecule has 0 aromatic carbocycles. The van der Waals surface area contributed by atoms with Crippen LogP contribution in [-0.4, -0.2) is 75.8 Å². The van der Waals surface area contributed by atoms with E-state index in [1.807, 2.05) is 14.1 Å². The van der Waals surface area contributed by atoms with Crippen LogP contribution in [0.25, 0.3) is 0 Å². The molecule has 0 heterocycles. The highest BCUT2D eigenvalue weighted by Gasteiger charge is 2.05. The van der Waals surface area contributed by atoms with Crippen molar-refractivity contribution in [1.82, 2.24) is 20.4 Å². The Morgan fingerprint density at radius 2 is 1.29 bits per heavy atom. The van der Waals surface area contributed by atoms with Crippen LogP contribution in [0, 0.1) is 0 Å². The van der Waals surface area contributed by atoms with Crippen molar-refractivity contribution in [3.8, 4) is 0 Å². The normalized spacial score (nSPS) is 11.1. The summed E-state index contributed by atoms with van der Waals surface area (Å²) in [6, 6.07) is 0.684. The largest absolute Gasteiger partial charge is 0.318 e. The Labute approximate surface area is 134 Å². The summed E-state index contributed by atoms with van der Waals surface area (Å²) in [7, 11) is 4.00. The second-order valence-corrected chi connectivity index (χ2v) is 5.77. The summed E-state index contributed by atoms with van der Waals surface area (Å²) < 4.78 is 0. The number of nitrogens with one attached hydrogen (secondary N) is 2. The van der Waals surface area contributed by atoms with Gasteiger partial charge in [-0.15, -0.1) is 0 Å². The number of nitrogens with zero attached hydrogens (tertiary/aromatic N) is 2.